The summed E-state index contributed by atoms with van der Waals surface area (Å²) in [4.78, 5) is 25.2. The zero-order valence-electron chi connectivity index (χ0n) is 19.3. The van der Waals surface area contributed by atoms with E-state index >= 15 is 0 Å². The van der Waals surface area contributed by atoms with Gasteiger partial charge in [-0.25, -0.2) is 19.3 Å². The number of hydrogen-bond donors (Lipinski definition) is 1. The van der Waals surface area contributed by atoms with Gasteiger partial charge in [-0.1, -0.05) is 0 Å². The molecule has 0 aliphatic rings. The van der Waals surface area contributed by atoms with Gasteiger partial charge in [-0.05, 0) is 39.8 Å². The third-order valence-corrected chi connectivity index (χ3v) is 6.04. The Kier molecular flexibility index (Phi) is 6.34. The van der Waals surface area contributed by atoms with Crippen LogP contribution in [0.25, 0.3) is 21.5 Å². The standard InChI is InChI=1S/C23H22F4N6OS/c1-12-7-28-20(35-12)16-5-14(6-18-17(16)10-33(32-18)11-22(3,4)24)19(34)31-13(2)15-8-29-21(30-9-15)23(25,26)27/h5-10,13H,11H2,1-4H3,(H,31,34). The number of aryl methyl sites for hydroxylation is 1. The highest BCUT2D eigenvalue weighted by Gasteiger charge is 2.34. The van der Waals surface area contributed by atoms with Gasteiger partial charge in [0.2, 0.25) is 5.82 Å². The van der Waals surface area contributed by atoms with Crippen molar-refractivity contribution in [3.63, 3.8) is 0 Å². The van der Waals surface area contributed by atoms with Crippen LogP contribution in [0.2, 0.25) is 0 Å². The van der Waals surface area contributed by atoms with Crippen molar-refractivity contribution in [1.29, 1.82) is 0 Å². The summed E-state index contributed by atoms with van der Waals surface area (Å²) >= 11 is 1.45. The van der Waals surface area contributed by atoms with Crippen LogP contribution in [0.1, 0.15) is 53.4 Å². The average molecular weight is 507 g/mol. The molecule has 0 bridgehead atoms. The maximum Gasteiger partial charge on any atom is 0.451 e. The number of amides is 1. The summed E-state index contributed by atoms with van der Waals surface area (Å²) in [6, 6.07) is 2.61. The summed E-state index contributed by atoms with van der Waals surface area (Å²) in [5.41, 5.74) is 0.288. The van der Waals surface area contributed by atoms with Gasteiger partial charge in [0.25, 0.3) is 5.91 Å². The molecule has 35 heavy (non-hydrogen) atoms. The molecule has 0 aliphatic heterocycles. The average Bonchev–Trinajstić information content (AvgIpc) is 3.36. The van der Waals surface area contributed by atoms with Crippen molar-refractivity contribution in [2.24, 2.45) is 0 Å². The number of carbonyl (C=O) groups excluding carboxylic acids is 1. The quantitative estimate of drug-likeness (QED) is 0.348. The molecule has 0 spiro atoms. The van der Waals surface area contributed by atoms with Crippen molar-refractivity contribution >= 4 is 28.1 Å². The fourth-order valence-corrected chi connectivity index (χ4v) is 4.29. The number of alkyl halides is 4. The van der Waals surface area contributed by atoms with Gasteiger partial charge in [-0.15, -0.1) is 11.3 Å². The van der Waals surface area contributed by atoms with Gasteiger partial charge in [0.05, 0.1) is 18.1 Å². The first-order valence-corrected chi connectivity index (χ1v) is 11.4. The first kappa shape index (κ1) is 24.7. The summed E-state index contributed by atoms with van der Waals surface area (Å²) in [5.74, 6) is -1.71. The van der Waals surface area contributed by atoms with Crippen molar-refractivity contribution in [2.45, 2.75) is 52.1 Å². The Balaban J connectivity index is 1.66. The van der Waals surface area contributed by atoms with E-state index in [-0.39, 0.29) is 12.1 Å². The maximum absolute atomic E-state index is 14.2. The fourth-order valence-electron chi connectivity index (χ4n) is 3.50. The largest absolute Gasteiger partial charge is 0.451 e. The van der Waals surface area contributed by atoms with Crippen molar-refractivity contribution in [1.82, 2.24) is 30.0 Å². The Bertz CT molecular complexity index is 1370. The van der Waals surface area contributed by atoms with E-state index in [9.17, 15) is 22.4 Å². The molecular weight excluding hydrogens is 484 g/mol. The number of rotatable bonds is 6. The molecule has 0 aliphatic carbocycles. The molecule has 7 nitrogen and oxygen atoms in total. The molecule has 0 fully saturated rings. The highest BCUT2D eigenvalue weighted by molar-refractivity contribution is 7.15. The van der Waals surface area contributed by atoms with Crippen LogP contribution in [0.3, 0.4) is 0 Å². The van der Waals surface area contributed by atoms with Gasteiger partial charge in [-0.3, -0.25) is 9.48 Å². The molecule has 4 rings (SSSR count). The van der Waals surface area contributed by atoms with E-state index in [4.69, 9.17) is 0 Å². The van der Waals surface area contributed by atoms with Crippen molar-refractivity contribution in [3.05, 3.63) is 58.7 Å². The molecular formula is C23H22F4N6OS. The predicted octanol–water partition coefficient (Wildman–Crippen LogP) is 5.52. The number of hydrogen-bond acceptors (Lipinski definition) is 6. The van der Waals surface area contributed by atoms with Gasteiger partial charge in [0.15, 0.2) is 0 Å². The van der Waals surface area contributed by atoms with Crippen LogP contribution < -0.4 is 5.32 Å². The molecule has 1 amide bonds. The van der Waals surface area contributed by atoms with Crippen LogP contribution in [-0.2, 0) is 12.7 Å². The van der Waals surface area contributed by atoms with Crippen LogP contribution >= 0.6 is 11.3 Å². The molecule has 0 saturated carbocycles. The molecule has 12 heteroatoms. The van der Waals surface area contributed by atoms with Crippen LogP contribution in [0.15, 0.2) is 36.9 Å². The highest BCUT2D eigenvalue weighted by Crippen LogP contribution is 2.33. The van der Waals surface area contributed by atoms with Crippen LogP contribution in [-0.4, -0.2) is 36.3 Å². The monoisotopic (exact) mass is 506 g/mol. The lowest BCUT2D eigenvalue weighted by atomic mass is 10.0. The van der Waals surface area contributed by atoms with E-state index in [0.29, 0.717) is 21.7 Å². The number of benzene rings is 1. The number of carbonyl (C=O) groups is 1. The van der Waals surface area contributed by atoms with Crippen molar-refractivity contribution in [3.8, 4) is 10.6 Å². The van der Waals surface area contributed by atoms with Crippen molar-refractivity contribution in [2.75, 3.05) is 0 Å². The van der Waals surface area contributed by atoms with Gasteiger partial charge >= 0.3 is 6.18 Å². The second-order valence-corrected chi connectivity index (χ2v) is 10.0. The second kappa shape index (κ2) is 8.99. The molecule has 1 atom stereocenters. The number of nitrogens with zero attached hydrogens (tertiary/aromatic N) is 5. The predicted molar refractivity (Wildman–Crippen MR) is 124 cm³/mol. The zero-order chi connectivity index (χ0) is 25.5. The Morgan fingerprint density at radius 2 is 1.80 bits per heavy atom. The maximum atomic E-state index is 14.2. The lowest BCUT2D eigenvalue weighted by Gasteiger charge is -2.15. The van der Waals surface area contributed by atoms with Gasteiger partial charge in [-0.2, -0.15) is 18.3 Å². The number of halogens is 4. The highest BCUT2D eigenvalue weighted by atomic mass is 32.1. The van der Waals surface area contributed by atoms with E-state index < -0.39 is 29.6 Å². The number of fused-ring (bicyclic) bond motifs is 1. The van der Waals surface area contributed by atoms with E-state index in [0.717, 1.165) is 22.7 Å². The SMILES string of the molecule is Cc1cnc(-c2cc(C(=O)NC(C)c3cnc(C(F)(F)F)nc3)cc3nn(CC(C)(C)F)cc23)s1. The number of thiazole rings is 1. The Hall–Kier alpha value is -3.41. The fraction of sp³-hybridized carbons (Fsp3) is 0.348. The van der Waals surface area contributed by atoms with E-state index in [1.165, 1.54) is 29.9 Å². The number of nitrogens with one attached hydrogen (secondary N) is 1. The minimum atomic E-state index is -4.65. The third kappa shape index (κ3) is 5.64. The molecule has 3 aromatic heterocycles. The minimum absolute atomic E-state index is 0.0322. The zero-order valence-corrected chi connectivity index (χ0v) is 20.1. The molecule has 1 N–H and O–H groups in total. The summed E-state index contributed by atoms with van der Waals surface area (Å²) in [7, 11) is 0. The summed E-state index contributed by atoms with van der Waals surface area (Å²) < 4.78 is 53.9. The first-order chi connectivity index (χ1) is 16.3. The van der Waals surface area contributed by atoms with Crippen LogP contribution in [0.5, 0.6) is 0 Å². The molecule has 4 aromatic rings. The molecule has 0 radical (unpaired) electrons. The lowest BCUT2D eigenvalue weighted by molar-refractivity contribution is -0.145. The van der Waals surface area contributed by atoms with E-state index in [1.807, 2.05) is 6.92 Å². The summed E-state index contributed by atoms with van der Waals surface area (Å²) in [5, 5.41) is 8.62. The van der Waals surface area contributed by atoms with Crippen LogP contribution in [0.4, 0.5) is 17.6 Å². The van der Waals surface area contributed by atoms with E-state index in [1.54, 1.807) is 31.5 Å². The first-order valence-electron chi connectivity index (χ1n) is 10.6. The Labute approximate surface area is 202 Å². The smallest absolute Gasteiger partial charge is 0.345 e. The summed E-state index contributed by atoms with van der Waals surface area (Å²) in [6.45, 7) is 6.47. The molecule has 0 saturated heterocycles. The van der Waals surface area contributed by atoms with Gasteiger partial charge in [0, 0.05) is 51.7 Å². The Morgan fingerprint density at radius 1 is 1.11 bits per heavy atom. The lowest BCUT2D eigenvalue weighted by Crippen LogP contribution is -2.27. The van der Waals surface area contributed by atoms with Crippen LogP contribution in [0, 0.1) is 6.92 Å². The minimum Gasteiger partial charge on any atom is -0.345 e. The molecule has 3 heterocycles. The van der Waals surface area contributed by atoms with Crippen molar-refractivity contribution < 1.29 is 22.4 Å². The third-order valence-electron chi connectivity index (χ3n) is 5.10. The normalized spacial score (nSPS) is 13.3. The molecule has 1 aromatic carbocycles. The van der Waals surface area contributed by atoms with E-state index in [2.05, 4.69) is 25.4 Å². The van der Waals surface area contributed by atoms with Gasteiger partial charge < -0.3 is 5.32 Å². The molecule has 1 unspecified atom stereocenters. The van der Waals surface area contributed by atoms with Gasteiger partial charge in [0.1, 0.15) is 10.7 Å². The Morgan fingerprint density at radius 3 is 2.37 bits per heavy atom. The number of aromatic nitrogens is 5. The second-order valence-electron chi connectivity index (χ2n) is 8.81. The molecule has 184 valence electrons. The summed E-state index contributed by atoms with van der Waals surface area (Å²) in [6.07, 6.45) is 0.876. The topological polar surface area (TPSA) is 85.6 Å².